The molecule has 0 amide bonds. The number of rotatable bonds is 5. The first-order valence-electron chi connectivity index (χ1n) is 10.5. The first-order chi connectivity index (χ1) is 13.5. The molecule has 5 nitrogen and oxygen atoms in total. The number of likely N-dealkylation sites (tertiary alicyclic amines) is 1. The quantitative estimate of drug-likeness (QED) is 0.635. The Morgan fingerprint density at radius 2 is 2.00 bits per heavy atom. The Morgan fingerprint density at radius 3 is 2.61 bits per heavy atom. The normalized spacial score (nSPS) is 20.5. The molecular weight excluding hydrogens is 346 g/mol. The highest BCUT2D eigenvalue weighted by atomic mass is 15.3. The Balaban J connectivity index is 1.59. The van der Waals surface area contributed by atoms with Gasteiger partial charge in [0.25, 0.3) is 0 Å². The van der Waals surface area contributed by atoms with Crippen molar-refractivity contribution >= 4 is 5.96 Å². The maximum atomic E-state index is 4.57. The van der Waals surface area contributed by atoms with Crippen LogP contribution in [0.3, 0.4) is 0 Å². The standard InChI is InChI=1S/C23H35N5/c1-6-19-16-28(15-13-22(19)20-10-8-7-9-11-20)23(24-4)25-14-12-21-17(2)26-27(5)18(21)3/h7-11,19,22H,6,12-16H2,1-5H3,(H,24,25). The molecule has 1 aliphatic rings. The zero-order valence-electron chi connectivity index (χ0n) is 18.1. The van der Waals surface area contributed by atoms with E-state index in [0.717, 1.165) is 37.7 Å². The number of benzene rings is 1. The summed E-state index contributed by atoms with van der Waals surface area (Å²) in [6.07, 6.45) is 3.35. The fourth-order valence-electron chi connectivity index (χ4n) is 4.59. The highest BCUT2D eigenvalue weighted by Gasteiger charge is 2.30. The summed E-state index contributed by atoms with van der Waals surface area (Å²) >= 11 is 0. The summed E-state index contributed by atoms with van der Waals surface area (Å²) in [5.74, 6) is 2.35. The number of aromatic nitrogens is 2. The van der Waals surface area contributed by atoms with Crippen molar-refractivity contribution in [3.8, 4) is 0 Å². The van der Waals surface area contributed by atoms with Gasteiger partial charge in [-0.3, -0.25) is 9.67 Å². The summed E-state index contributed by atoms with van der Waals surface area (Å²) in [6.45, 7) is 9.56. The lowest BCUT2D eigenvalue weighted by atomic mass is 9.79. The maximum absolute atomic E-state index is 4.57. The Labute approximate surface area is 169 Å². The first kappa shape index (κ1) is 20.4. The summed E-state index contributed by atoms with van der Waals surface area (Å²) in [5.41, 5.74) is 5.22. The Morgan fingerprint density at radius 1 is 1.25 bits per heavy atom. The Bertz CT molecular complexity index is 793. The number of aliphatic imine (C=N–C) groups is 1. The number of nitrogens with zero attached hydrogens (tertiary/aromatic N) is 4. The van der Waals surface area contributed by atoms with Gasteiger partial charge in [0.15, 0.2) is 5.96 Å². The third-order valence-electron chi connectivity index (χ3n) is 6.31. The second-order valence-electron chi connectivity index (χ2n) is 7.92. The number of hydrogen-bond acceptors (Lipinski definition) is 2. The molecule has 5 heteroatoms. The molecule has 28 heavy (non-hydrogen) atoms. The van der Waals surface area contributed by atoms with Crippen molar-refractivity contribution < 1.29 is 0 Å². The van der Waals surface area contributed by atoms with E-state index in [2.05, 4.69) is 71.4 Å². The van der Waals surface area contributed by atoms with Crippen LogP contribution in [-0.2, 0) is 13.5 Å². The Kier molecular flexibility index (Phi) is 6.76. The molecule has 1 N–H and O–H groups in total. The van der Waals surface area contributed by atoms with E-state index in [1.54, 1.807) is 0 Å². The van der Waals surface area contributed by atoms with Gasteiger partial charge in [-0.25, -0.2) is 0 Å². The number of hydrogen-bond donors (Lipinski definition) is 1. The van der Waals surface area contributed by atoms with Crippen LogP contribution in [-0.4, -0.2) is 47.3 Å². The molecule has 1 aliphatic heterocycles. The molecule has 2 heterocycles. The minimum atomic E-state index is 0.654. The first-order valence-corrected chi connectivity index (χ1v) is 10.5. The van der Waals surface area contributed by atoms with Gasteiger partial charge in [-0.2, -0.15) is 5.10 Å². The van der Waals surface area contributed by atoms with E-state index in [4.69, 9.17) is 0 Å². The van der Waals surface area contributed by atoms with Gasteiger partial charge < -0.3 is 10.2 Å². The van der Waals surface area contributed by atoms with Crippen molar-refractivity contribution in [3.05, 3.63) is 52.8 Å². The summed E-state index contributed by atoms with van der Waals surface area (Å²) in [6, 6.07) is 11.0. The van der Waals surface area contributed by atoms with E-state index >= 15 is 0 Å². The smallest absolute Gasteiger partial charge is 0.193 e. The number of guanidine groups is 1. The molecular formula is C23H35N5. The molecule has 0 radical (unpaired) electrons. The molecule has 0 saturated carbocycles. The van der Waals surface area contributed by atoms with Gasteiger partial charge in [-0.05, 0) is 49.7 Å². The third kappa shape index (κ3) is 4.40. The molecule has 152 valence electrons. The molecule has 1 fully saturated rings. The fraction of sp³-hybridized carbons (Fsp3) is 0.565. The highest BCUT2D eigenvalue weighted by Crippen LogP contribution is 2.34. The molecule has 2 atom stereocenters. The van der Waals surface area contributed by atoms with Crippen LogP contribution in [0.4, 0.5) is 0 Å². The topological polar surface area (TPSA) is 45.4 Å². The predicted octanol–water partition coefficient (Wildman–Crippen LogP) is 3.67. The molecule has 0 spiro atoms. The lowest BCUT2D eigenvalue weighted by Gasteiger charge is -2.40. The van der Waals surface area contributed by atoms with Crippen LogP contribution in [0.25, 0.3) is 0 Å². The molecule has 2 aromatic rings. The van der Waals surface area contributed by atoms with Gasteiger partial charge >= 0.3 is 0 Å². The largest absolute Gasteiger partial charge is 0.356 e. The summed E-state index contributed by atoms with van der Waals surface area (Å²) in [5, 5.41) is 8.11. The number of piperidine rings is 1. The molecule has 1 saturated heterocycles. The number of aryl methyl sites for hydroxylation is 2. The van der Waals surface area contributed by atoms with Gasteiger partial charge in [-0.15, -0.1) is 0 Å². The fourth-order valence-corrected chi connectivity index (χ4v) is 4.59. The lowest BCUT2D eigenvalue weighted by Crippen LogP contribution is -2.48. The highest BCUT2D eigenvalue weighted by molar-refractivity contribution is 5.80. The summed E-state index contributed by atoms with van der Waals surface area (Å²) < 4.78 is 1.97. The Hall–Kier alpha value is -2.30. The molecule has 0 bridgehead atoms. The van der Waals surface area contributed by atoms with E-state index in [-0.39, 0.29) is 0 Å². The van der Waals surface area contributed by atoms with Crippen molar-refractivity contribution in [1.29, 1.82) is 0 Å². The predicted molar refractivity (Wildman–Crippen MR) is 117 cm³/mol. The molecule has 0 aliphatic carbocycles. The average Bonchev–Trinajstić information content (AvgIpc) is 2.97. The average molecular weight is 382 g/mol. The number of nitrogens with one attached hydrogen (secondary N) is 1. The van der Waals surface area contributed by atoms with Gasteiger partial charge in [0.1, 0.15) is 0 Å². The molecule has 1 aromatic heterocycles. The van der Waals surface area contributed by atoms with Gasteiger partial charge in [0.05, 0.1) is 5.69 Å². The maximum Gasteiger partial charge on any atom is 0.193 e. The van der Waals surface area contributed by atoms with Gasteiger partial charge in [0.2, 0.25) is 0 Å². The van der Waals surface area contributed by atoms with Crippen molar-refractivity contribution in [2.75, 3.05) is 26.7 Å². The van der Waals surface area contributed by atoms with Crippen molar-refractivity contribution in [3.63, 3.8) is 0 Å². The second-order valence-corrected chi connectivity index (χ2v) is 7.92. The minimum absolute atomic E-state index is 0.654. The van der Waals surface area contributed by atoms with Crippen molar-refractivity contribution in [2.45, 2.75) is 46.0 Å². The van der Waals surface area contributed by atoms with Crippen molar-refractivity contribution in [1.82, 2.24) is 20.0 Å². The van der Waals surface area contributed by atoms with Crippen LogP contribution in [0, 0.1) is 19.8 Å². The SMILES string of the molecule is CCC1CN(C(=NC)NCCc2c(C)nn(C)c2C)CCC1c1ccccc1. The lowest BCUT2D eigenvalue weighted by molar-refractivity contribution is 0.216. The van der Waals surface area contributed by atoms with Crippen LogP contribution in [0.2, 0.25) is 0 Å². The monoisotopic (exact) mass is 381 g/mol. The zero-order valence-corrected chi connectivity index (χ0v) is 18.1. The zero-order chi connectivity index (χ0) is 20.1. The van der Waals surface area contributed by atoms with Crippen LogP contribution in [0.15, 0.2) is 35.3 Å². The summed E-state index contributed by atoms with van der Waals surface area (Å²) in [4.78, 5) is 7.01. The molecule has 1 aromatic carbocycles. The van der Waals surface area contributed by atoms with Gasteiger partial charge in [-0.1, -0.05) is 43.7 Å². The third-order valence-corrected chi connectivity index (χ3v) is 6.31. The van der Waals surface area contributed by atoms with Crippen molar-refractivity contribution in [2.24, 2.45) is 18.0 Å². The van der Waals surface area contributed by atoms with E-state index in [1.165, 1.54) is 29.7 Å². The van der Waals surface area contributed by atoms with Crippen LogP contribution in [0.1, 0.15) is 48.2 Å². The van der Waals surface area contributed by atoms with Gasteiger partial charge in [0, 0.05) is 39.4 Å². The second kappa shape index (κ2) is 9.26. The van der Waals surface area contributed by atoms with Crippen LogP contribution < -0.4 is 5.32 Å². The van der Waals surface area contributed by atoms with E-state index in [9.17, 15) is 0 Å². The molecule has 2 unspecified atom stereocenters. The van der Waals surface area contributed by atoms with E-state index < -0.39 is 0 Å². The van der Waals surface area contributed by atoms with Crippen LogP contribution in [0.5, 0.6) is 0 Å². The minimum Gasteiger partial charge on any atom is -0.356 e. The molecule has 3 rings (SSSR count). The van der Waals surface area contributed by atoms with E-state index in [1.807, 2.05) is 18.8 Å². The van der Waals surface area contributed by atoms with E-state index in [0.29, 0.717) is 11.8 Å². The summed E-state index contributed by atoms with van der Waals surface area (Å²) in [7, 11) is 3.91. The van der Waals surface area contributed by atoms with Crippen LogP contribution >= 0.6 is 0 Å².